The minimum absolute atomic E-state index is 0.0989. The highest BCUT2D eigenvalue weighted by Crippen LogP contribution is 2.37. The maximum Gasteiger partial charge on any atom is 0.323 e. The monoisotopic (exact) mass is 474 g/mol. The zero-order chi connectivity index (χ0) is 24.9. The van der Waals surface area contributed by atoms with Crippen LogP contribution in [0.3, 0.4) is 0 Å². The van der Waals surface area contributed by atoms with Gasteiger partial charge in [0.2, 0.25) is 17.7 Å². The quantitative estimate of drug-likeness (QED) is 0.401. The van der Waals surface area contributed by atoms with E-state index in [1.165, 1.54) is 4.90 Å². The molecule has 3 unspecified atom stereocenters. The molecule has 1 fully saturated rings. The number of nitrogens with zero attached hydrogens (tertiary/aromatic N) is 1. The second-order valence-electron chi connectivity index (χ2n) is 9.36. The Kier molecular flexibility index (Phi) is 7.29. The number of allylic oxidation sites excluding steroid dienone is 2. The van der Waals surface area contributed by atoms with Gasteiger partial charge in [0, 0.05) is 17.1 Å². The van der Waals surface area contributed by atoms with Crippen molar-refractivity contribution in [2.75, 3.05) is 16.0 Å². The van der Waals surface area contributed by atoms with Crippen LogP contribution in [0.2, 0.25) is 0 Å². The number of para-hydroxylation sites is 1. The summed E-state index contributed by atoms with van der Waals surface area (Å²) < 4.78 is 0. The van der Waals surface area contributed by atoms with E-state index in [4.69, 9.17) is 0 Å². The molecule has 1 aliphatic carbocycles. The van der Waals surface area contributed by atoms with E-state index in [-0.39, 0.29) is 29.6 Å². The van der Waals surface area contributed by atoms with Gasteiger partial charge < -0.3 is 16.0 Å². The van der Waals surface area contributed by atoms with Crippen molar-refractivity contribution in [3.05, 3.63) is 66.7 Å². The summed E-state index contributed by atoms with van der Waals surface area (Å²) in [6, 6.07) is 14.5. The molecular formula is C27H30N4O4. The van der Waals surface area contributed by atoms with E-state index in [2.05, 4.69) is 16.0 Å². The molecule has 4 rings (SSSR count). The first-order valence-electron chi connectivity index (χ1n) is 11.9. The van der Waals surface area contributed by atoms with Crippen LogP contribution in [0.25, 0.3) is 0 Å². The summed E-state index contributed by atoms with van der Waals surface area (Å²) >= 11 is 0. The standard InChI is InChI=1S/C27H30N4O4/c1-17(2)15-23(31-25(33)21-13-6-7-14-22(21)26(31)34)24(32)28-19-11-8-12-20(16-19)30-27(35)29-18-9-4-3-5-10-18/h3-12,16-17,21-23H,13-15H2,1-2H3,(H,28,32)(H2,29,30,35). The number of amides is 5. The van der Waals surface area contributed by atoms with E-state index >= 15 is 0 Å². The van der Waals surface area contributed by atoms with E-state index in [1.54, 1.807) is 36.4 Å². The van der Waals surface area contributed by atoms with Gasteiger partial charge in [-0.1, -0.05) is 50.3 Å². The minimum Gasteiger partial charge on any atom is -0.324 e. The lowest BCUT2D eigenvalue weighted by Crippen LogP contribution is -2.48. The number of rotatable bonds is 7. The molecule has 182 valence electrons. The Bertz CT molecular complexity index is 1120. The number of carbonyl (C=O) groups excluding carboxylic acids is 4. The molecule has 35 heavy (non-hydrogen) atoms. The number of carbonyl (C=O) groups is 4. The third-order valence-corrected chi connectivity index (χ3v) is 6.27. The molecule has 0 bridgehead atoms. The Labute approximate surface area is 204 Å². The maximum atomic E-state index is 13.3. The van der Waals surface area contributed by atoms with Gasteiger partial charge in [0.25, 0.3) is 0 Å². The van der Waals surface area contributed by atoms with Crippen molar-refractivity contribution >= 4 is 40.8 Å². The Balaban J connectivity index is 1.46. The van der Waals surface area contributed by atoms with Gasteiger partial charge in [-0.15, -0.1) is 0 Å². The van der Waals surface area contributed by atoms with Crippen molar-refractivity contribution < 1.29 is 19.2 Å². The molecule has 2 aliphatic rings. The number of benzene rings is 2. The van der Waals surface area contributed by atoms with E-state index in [0.717, 1.165) is 0 Å². The van der Waals surface area contributed by atoms with E-state index in [0.29, 0.717) is 36.3 Å². The topological polar surface area (TPSA) is 108 Å². The normalized spacial score (nSPS) is 19.9. The van der Waals surface area contributed by atoms with Gasteiger partial charge in [-0.2, -0.15) is 0 Å². The number of urea groups is 1. The van der Waals surface area contributed by atoms with Crippen molar-refractivity contribution in [3.8, 4) is 0 Å². The molecule has 0 saturated carbocycles. The first-order chi connectivity index (χ1) is 16.8. The Morgan fingerprint density at radius 1 is 0.829 bits per heavy atom. The lowest BCUT2D eigenvalue weighted by Gasteiger charge is -2.27. The zero-order valence-corrected chi connectivity index (χ0v) is 19.9. The molecule has 2 aromatic rings. The number of fused-ring (bicyclic) bond motifs is 1. The van der Waals surface area contributed by atoms with E-state index < -0.39 is 18.0 Å². The number of likely N-dealkylation sites (tertiary alicyclic amines) is 1. The molecule has 1 aliphatic heterocycles. The number of hydrogen-bond donors (Lipinski definition) is 3. The van der Waals surface area contributed by atoms with E-state index in [1.807, 2.05) is 44.2 Å². The summed E-state index contributed by atoms with van der Waals surface area (Å²) in [5.41, 5.74) is 1.60. The highest BCUT2D eigenvalue weighted by atomic mass is 16.2. The summed E-state index contributed by atoms with van der Waals surface area (Å²) in [7, 11) is 0. The fraction of sp³-hybridized carbons (Fsp3) is 0.333. The number of hydrogen-bond acceptors (Lipinski definition) is 4. The summed E-state index contributed by atoms with van der Waals surface area (Å²) in [5.74, 6) is -1.62. The molecule has 1 saturated heterocycles. The highest BCUT2D eigenvalue weighted by Gasteiger charge is 2.51. The molecule has 8 nitrogen and oxygen atoms in total. The summed E-state index contributed by atoms with van der Waals surface area (Å²) in [6.45, 7) is 3.91. The average molecular weight is 475 g/mol. The van der Waals surface area contributed by atoms with Gasteiger partial charge in [0.15, 0.2) is 0 Å². The first-order valence-corrected chi connectivity index (χ1v) is 11.9. The van der Waals surface area contributed by atoms with Crippen LogP contribution < -0.4 is 16.0 Å². The summed E-state index contributed by atoms with van der Waals surface area (Å²) in [6.07, 6.45) is 5.29. The van der Waals surface area contributed by atoms with Gasteiger partial charge in [-0.25, -0.2) is 4.79 Å². The Hall–Kier alpha value is -3.94. The fourth-order valence-corrected chi connectivity index (χ4v) is 4.62. The predicted molar refractivity (Wildman–Crippen MR) is 135 cm³/mol. The second kappa shape index (κ2) is 10.5. The molecule has 8 heteroatoms. The van der Waals surface area contributed by atoms with Gasteiger partial charge in [0.05, 0.1) is 11.8 Å². The van der Waals surface area contributed by atoms with Crippen LogP contribution in [0, 0.1) is 17.8 Å². The predicted octanol–water partition coefficient (Wildman–Crippen LogP) is 4.64. The van der Waals surface area contributed by atoms with Crippen LogP contribution in [0.4, 0.5) is 21.9 Å². The molecule has 0 spiro atoms. The molecule has 2 aromatic carbocycles. The van der Waals surface area contributed by atoms with Crippen molar-refractivity contribution in [1.29, 1.82) is 0 Å². The first kappa shape index (κ1) is 24.2. The second-order valence-corrected chi connectivity index (χ2v) is 9.36. The Morgan fingerprint density at radius 2 is 1.37 bits per heavy atom. The summed E-state index contributed by atoms with van der Waals surface area (Å²) in [4.78, 5) is 53.0. The lowest BCUT2D eigenvalue weighted by atomic mass is 9.85. The van der Waals surface area contributed by atoms with E-state index in [9.17, 15) is 19.2 Å². The van der Waals surface area contributed by atoms with Crippen molar-refractivity contribution in [2.24, 2.45) is 17.8 Å². The highest BCUT2D eigenvalue weighted by molar-refractivity contribution is 6.10. The Morgan fingerprint density at radius 3 is 1.97 bits per heavy atom. The maximum absolute atomic E-state index is 13.3. The van der Waals surface area contributed by atoms with Crippen LogP contribution in [-0.2, 0) is 14.4 Å². The van der Waals surface area contributed by atoms with Gasteiger partial charge >= 0.3 is 6.03 Å². The van der Waals surface area contributed by atoms with Crippen molar-refractivity contribution in [2.45, 2.75) is 39.2 Å². The van der Waals surface area contributed by atoms with Crippen molar-refractivity contribution in [1.82, 2.24) is 4.90 Å². The minimum atomic E-state index is -0.890. The molecular weight excluding hydrogens is 444 g/mol. The molecule has 3 N–H and O–H groups in total. The molecule has 0 radical (unpaired) electrons. The lowest BCUT2D eigenvalue weighted by molar-refractivity contribution is -0.147. The van der Waals surface area contributed by atoms with Crippen LogP contribution in [0.5, 0.6) is 0 Å². The molecule has 3 atom stereocenters. The zero-order valence-electron chi connectivity index (χ0n) is 19.9. The van der Waals surface area contributed by atoms with Crippen LogP contribution >= 0.6 is 0 Å². The molecule has 0 aromatic heterocycles. The number of imide groups is 1. The van der Waals surface area contributed by atoms with Crippen LogP contribution in [0.1, 0.15) is 33.1 Å². The smallest absolute Gasteiger partial charge is 0.323 e. The van der Waals surface area contributed by atoms with Gasteiger partial charge in [-0.3, -0.25) is 19.3 Å². The molecule has 1 heterocycles. The van der Waals surface area contributed by atoms with Crippen LogP contribution in [0.15, 0.2) is 66.7 Å². The van der Waals surface area contributed by atoms with Crippen LogP contribution in [-0.4, -0.2) is 34.7 Å². The largest absolute Gasteiger partial charge is 0.324 e. The number of nitrogens with one attached hydrogen (secondary N) is 3. The van der Waals surface area contributed by atoms with Gasteiger partial charge in [0.1, 0.15) is 6.04 Å². The van der Waals surface area contributed by atoms with Gasteiger partial charge in [-0.05, 0) is 55.5 Å². The average Bonchev–Trinajstić information content (AvgIpc) is 3.08. The summed E-state index contributed by atoms with van der Waals surface area (Å²) in [5, 5.41) is 8.32. The fourth-order valence-electron chi connectivity index (χ4n) is 4.62. The number of anilines is 3. The SMILES string of the molecule is CC(C)CC(C(=O)Nc1cccc(NC(=O)Nc2ccccc2)c1)N1C(=O)C2CC=CCC2C1=O. The van der Waals surface area contributed by atoms with Crippen molar-refractivity contribution in [3.63, 3.8) is 0 Å². The molecule has 5 amide bonds. The third-order valence-electron chi connectivity index (χ3n) is 6.27. The third kappa shape index (κ3) is 5.59.